The third-order valence-corrected chi connectivity index (χ3v) is 2.21. The lowest BCUT2D eigenvalue weighted by Gasteiger charge is -2.07. The maximum atomic E-state index is 5.55. The van der Waals surface area contributed by atoms with Gasteiger partial charge in [0.1, 0.15) is 0 Å². The van der Waals surface area contributed by atoms with Gasteiger partial charge in [0, 0.05) is 0 Å². The van der Waals surface area contributed by atoms with Gasteiger partial charge in [-0.05, 0) is 6.92 Å². The molecule has 1 aromatic carbocycles. The van der Waals surface area contributed by atoms with Crippen LogP contribution in [-0.2, 0) is 0 Å². The molecule has 0 unspecified atom stereocenters. The summed E-state index contributed by atoms with van der Waals surface area (Å²) in [4.78, 5) is 0. The van der Waals surface area contributed by atoms with Crippen LogP contribution in [0.4, 0.5) is 0 Å². The summed E-state index contributed by atoms with van der Waals surface area (Å²) in [7, 11) is 0.824. The Morgan fingerprint density at radius 1 is 1.22 bits per heavy atom. The van der Waals surface area contributed by atoms with E-state index in [1.165, 1.54) is 5.56 Å². The molecule has 1 aromatic rings. The molecule has 0 nitrogen and oxygen atoms in total. The van der Waals surface area contributed by atoms with Crippen LogP contribution in [0.25, 0.3) is 0 Å². The lowest BCUT2D eigenvalue weighted by Crippen LogP contribution is -1.88. The summed E-state index contributed by atoms with van der Waals surface area (Å²) in [6.45, 7) is 2.06. The summed E-state index contributed by atoms with van der Waals surface area (Å²) in [5.74, 6) is 0. The highest BCUT2D eigenvalue weighted by Crippen LogP contribution is 2.14. The monoisotopic (exact) mass is 157 g/mol. The minimum atomic E-state index is 0.824. The Bertz CT molecular complexity index is 181. The molecule has 0 aliphatic heterocycles. The first kappa shape index (κ1) is 7.05. The van der Waals surface area contributed by atoms with Gasteiger partial charge in [-0.25, -0.2) is 0 Å². The fourth-order valence-electron chi connectivity index (χ4n) is 0.601. The second kappa shape index (κ2) is 3.20. The molecule has 0 fully saturated rings. The SMILES string of the molecule is Cc1ccc([P-]Cl)cc1. The van der Waals surface area contributed by atoms with Gasteiger partial charge in [-0.3, -0.25) is 0 Å². The molecular weight excluding hydrogens is 151 g/mol. The standard InChI is InChI=1S/C7H7ClP/c1-6-2-4-7(9-8)5-3-6/h2-5H,1H3/q-1. The summed E-state index contributed by atoms with van der Waals surface area (Å²) in [5, 5.41) is 1.15. The maximum absolute atomic E-state index is 5.55. The molecule has 0 spiro atoms. The van der Waals surface area contributed by atoms with E-state index in [2.05, 4.69) is 19.1 Å². The molecule has 2 heteroatoms. The normalized spacial score (nSPS) is 10.9. The number of hydrogen-bond donors (Lipinski definition) is 0. The third-order valence-electron chi connectivity index (χ3n) is 1.13. The molecule has 0 saturated carbocycles. The zero-order valence-electron chi connectivity index (χ0n) is 5.13. The van der Waals surface area contributed by atoms with Crippen molar-refractivity contribution >= 4 is 24.5 Å². The van der Waals surface area contributed by atoms with Gasteiger partial charge in [0.2, 0.25) is 0 Å². The van der Waals surface area contributed by atoms with E-state index in [4.69, 9.17) is 11.2 Å². The maximum Gasteiger partial charge on any atom is -0.0398 e. The van der Waals surface area contributed by atoms with Gasteiger partial charge >= 0.3 is 0 Å². The number of rotatable bonds is 1. The lowest BCUT2D eigenvalue weighted by molar-refractivity contribution is 1.49. The predicted molar refractivity (Wildman–Crippen MR) is 43.6 cm³/mol. The van der Waals surface area contributed by atoms with Gasteiger partial charge in [0.25, 0.3) is 0 Å². The Balaban J connectivity index is 2.88. The number of aryl methyl sites for hydroxylation is 1. The molecule has 0 N–H and O–H groups in total. The minimum Gasteiger partial charge on any atom is -0.401 e. The summed E-state index contributed by atoms with van der Waals surface area (Å²) in [6, 6.07) is 8.18. The highest BCUT2D eigenvalue weighted by molar-refractivity contribution is 7.74. The van der Waals surface area contributed by atoms with E-state index in [0.29, 0.717) is 0 Å². The van der Waals surface area contributed by atoms with Crippen molar-refractivity contribution in [2.24, 2.45) is 0 Å². The molecule has 0 aliphatic rings. The predicted octanol–water partition coefficient (Wildman–Crippen LogP) is 2.72. The second-order valence-electron chi connectivity index (χ2n) is 1.92. The largest absolute Gasteiger partial charge is 0.401 e. The van der Waals surface area contributed by atoms with Crippen molar-refractivity contribution in [3.8, 4) is 0 Å². The molecule has 0 aromatic heterocycles. The smallest absolute Gasteiger partial charge is 0.0398 e. The number of benzene rings is 1. The van der Waals surface area contributed by atoms with Crippen molar-refractivity contribution < 1.29 is 0 Å². The molecule has 1 rings (SSSR count). The average Bonchev–Trinajstić information content (AvgIpc) is 1.90. The lowest BCUT2D eigenvalue weighted by atomic mass is 10.2. The van der Waals surface area contributed by atoms with Crippen LogP contribution in [0.15, 0.2) is 24.3 Å². The van der Waals surface area contributed by atoms with Crippen molar-refractivity contribution in [2.45, 2.75) is 6.92 Å². The van der Waals surface area contributed by atoms with Crippen LogP contribution >= 0.6 is 19.2 Å². The van der Waals surface area contributed by atoms with E-state index < -0.39 is 0 Å². The Morgan fingerprint density at radius 2 is 1.78 bits per heavy atom. The zero-order valence-corrected chi connectivity index (χ0v) is 6.78. The number of halogens is 1. The highest BCUT2D eigenvalue weighted by Gasteiger charge is 1.77. The molecule has 0 atom stereocenters. The highest BCUT2D eigenvalue weighted by atomic mass is 35.7. The zero-order chi connectivity index (χ0) is 6.69. The summed E-state index contributed by atoms with van der Waals surface area (Å²) < 4.78 is 0. The Hall–Kier alpha value is -0.0600. The van der Waals surface area contributed by atoms with Crippen molar-refractivity contribution in [1.82, 2.24) is 0 Å². The van der Waals surface area contributed by atoms with Crippen molar-refractivity contribution in [3.05, 3.63) is 29.8 Å². The van der Waals surface area contributed by atoms with Crippen LogP contribution in [0.2, 0.25) is 0 Å². The van der Waals surface area contributed by atoms with Gasteiger partial charge in [-0.2, -0.15) is 5.30 Å². The van der Waals surface area contributed by atoms with Crippen molar-refractivity contribution in [3.63, 3.8) is 0 Å². The van der Waals surface area contributed by atoms with Crippen LogP contribution in [-0.4, -0.2) is 0 Å². The third kappa shape index (κ3) is 1.97. The fraction of sp³-hybridized carbons (Fsp3) is 0.143. The molecule has 48 valence electrons. The Morgan fingerprint density at radius 3 is 2.22 bits per heavy atom. The van der Waals surface area contributed by atoms with Crippen LogP contribution in [0.1, 0.15) is 5.56 Å². The molecule has 0 aliphatic carbocycles. The van der Waals surface area contributed by atoms with E-state index >= 15 is 0 Å². The average molecular weight is 158 g/mol. The summed E-state index contributed by atoms with van der Waals surface area (Å²) in [6.07, 6.45) is 0. The first-order chi connectivity index (χ1) is 4.33. The van der Waals surface area contributed by atoms with Gasteiger partial charge in [-0.15, -0.1) is 0 Å². The topological polar surface area (TPSA) is 0 Å². The second-order valence-corrected chi connectivity index (χ2v) is 3.11. The van der Waals surface area contributed by atoms with E-state index in [9.17, 15) is 0 Å². The molecule has 0 radical (unpaired) electrons. The van der Waals surface area contributed by atoms with Crippen molar-refractivity contribution in [1.29, 1.82) is 0 Å². The Labute approximate surface area is 61.8 Å². The quantitative estimate of drug-likeness (QED) is 0.550. The van der Waals surface area contributed by atoms with Crippen LogP contribution in [0.5, 0.6) is 0 Å². The van der Waals surface area contributed by atoms with Gasteiger partial charge in [0.05, 0.1) is 0 Å². The number of hydrogen-bond acceptors (Lipinski definition) is 0. The minimum absolute atomic E-state index is 0.824. The Kier molecular flexibility index (Phi) is 2.50. The van der Waals surface area contributed by atoms with Crippen LogP contribution in [0.3, 0.4) is 0 Å². The first-order valence-electron chi connectivity index (χ1n) is 2.71. The van der Waals surface area contributed by atoms with Gasteiger partial charge in [0.15, 0.2) is 0 Å². The molecule has 9 heavy (non-hydrogen) atoms. The van der Waals surface area contributed by atoms with E-state index in [1.54, 1.807) is 0 Å². The fourth-order valence-corrected chi connectivity index (χ4v) is 1.20. The molecule has 0 heterocycles. The molecular formula is C7H7ClP-. The molecule has 0 bridgehead atoms. The van der Waals surface area contributed by atoms with Crippen LogP contribution < -0.4 is 5.30 Å². The molecule has 0 amide bonds. The van der Waals surface area contributed by atoms with E-state index in [-0.39, 0.29) is 0 Å². The van der Waals surface area contributed by atoms with Crippen molar-refractivity contribution in [2.75, 3.05) is 0 Å². The summed E-state index contributed by atoms with van der Waals surface area (Å²) in [5.41, 5.74) is 1.28. The van der Waals surface area contributed by atoms with E-state index in [0.717, 1.165) is 13.2 Å². The van der Waals surface area contributed by atoms with Gasteiger partial charge < -0.3 is 19.2 Å². The molecule has 0 saturated heterocycles. The van der Waals surface area contributed by atoms with Gasteiger partial charge in [-0.1, -0.05) is 29.8 Å². The first-order valence-corrected chi connectivity index (χ1v) is 4.51. The summed E-state index contributed by atoms with van der Waals surface area (Å²) >= 11 is 5.55. The van der Waals surface area contributed by atoms with E-state index in [1.807, 2.05) is 12.1 Å². The van der Waals surface area contributed by atoms with Crippen LogP contribution in [0, 0.1) is 6.92 Å².